The standard InChI is InChI=1S/C7H11N3O2/c11-4-6-8-7(10-9-6)5-2-1-3-12-5/h5,11H,1-4H2,(H,8,9,10). The molecule has 1 unspecified atom stereocenters. The summed E-state index contributed by atoms with van der Waals surface area (Å²) in [6, 6.07) is 0. The van der Waals surface area contributed by atoms with Gasteiger partial charge in [0, 0.05) is 6.61 Å². The predicted octanol–water partition coefficient (Wildman–Crippen LogP) is 0.148. The smallest absolute Gasteiger partial charge is 0.179 e. The van der Waals surface area contributed by atoms with Crippen LogP contribution in [0.2, 0.25) is 0 Å². The van der Waals surface area contributed by atoms with Gasteiger partial charge in [0.15, 0.2) is 5.82 Å². The van der Waals surface area contributed by atoms with Gasteiger partial charge in [-0.2, -0.15) is 5.10 Å². The predicted molar refractivity (Wildman–Crippen MR) is 40.2 cm³/mol. The maximum absolute atomic E-state index is 8.72. The van der Waals surface area contributed by atoms with E-state index >= 15 is 0 Å². The van der Waals surface area contributed by atoms with Crippen LogP contribution in [0.3, 0.4) is 0 Å². The fourth-order valence-corrected chi connectivity index (χ4v) is 1.31. The van der Waals surface area contributed by atoms with Gasteiger partial charge in [0.05, 0.1) is 0 Å². The molecule has 1 aliphatic rings. The second-order valence-corrected chi connectivity index (χ2v) is 2.80. The Bertz CT molecular complexity index is 255. The Balaban J connectivity index is 2.11. The SMILES string of the molecule is OCc1nc(C2CCCO2)n[nH]1. The number of aromatic nitrogens is 3. The summed E-state index contributed by atoms with van der Waals surface area (Å²) in [5.74, 6) is 1.16. The van der Waals surface area contributed by atoms with Gasteiger partial charge in [-0.15, -0.1) is 0 Å². The van der Waals surface area contributed by atoms with Gasteiger partial charge < -0.3 is 9.84 Å². The lowest BCUT2D eigenvalue weighted by Crippen LogP contribution is -1.98. The van der Waals surface area contributed by atoms with E-state index in [2.05, 4.69) is 15.2 Å². The van der Waals surface area contributed by atoms with Crippen molar-refractivity contribution >= 4 is 0 Å². The molecule has 5 nitrogen and oxygen atoms in total. The highest BCUT2D eigenvalue weighted by atomic mass is 16.5. The zero-order valence-corrected chi connectivity index (χ0v) is 6.66. The number of nitrogens with zero attached hydrogens (tertiary/aromatic N) is 2. The Labute approximate surface area is 69.8 Å². The summed E-state index contributed by atoms with van der Waals surface area (Å²) in [6.45, 7) is 0.688. The first-order valence-electron chi connectivity index (χ1n) is 4.04. The van der Waals surface area contributed by atoms with Crippen molar-refractivity contribution in [3.63, 3.8) is 0 Å². The third-order valence-corrected chi connectivity index (χ3v) is 1.92. The van der Waals surface area contributed by atoms with E-state index in [1.807, 2.05) is 0 Å². The Kier molecular flexibility index (Phi) is 2.05. The molecule has 1 aromatic rings. The van der Waals surface area contributed by atoms with E-state index in [-0.39, 0.29) is 12.7 Å². The molecule has 0 amide bonds. The lowest BCUT2D eigenvalue weighted by atomic mass is 10.2. The number of aliphatic hydroxyl groups excluding tert-OH is 1. The summed E-state index contributed by atoms with van der Waals surface area (Å²) in [6.07, 6.45) is 2.07. The van der Waals surface area contributed by atoms with Gasteiger partial charge in [-0.25, -0.2) is 4.98 Å². The number of ether oxygens (including phenoxy) is 1. The van der Waals surface area contributed by atoms with Crippen molar-refractivity contribution in [3.8, 4) is 0 Å². The molecule has 2 N–H and O–H groups in total. The molecule has 1 saturated heterocycles. The Hall–Kier alpha value is -0.940. The van der Waals surface area contributed by atoms with E-state index in [1.165, 1.54) is 0 Å². The lowest BCUT2D eigenvalue weighted by Gasteiger charge is -2.01. The molecule has 0 bridgehead atoms. The highest BCUT2D eigenvalue weighted by Gasteiger charge is 2.21. The van der Waals surface area contributed by atoms with Crippen molar-refractivity contribution in [1.82, 2.24) is 15.2 Å². The second-order valence-electron chi connectivity index (χ2n) is 2.80. The fraction of sp³-hybridized carbons (Fsp3) is 0.714. The minimum Gasteiger partial charge on any atom is -0.388 e. The minimum atomic E-state index is -0.0975. The molecule has 2 rings (SSSR count). The number of nitrogens with one attached hydrogen (secondary N) is 1. The minimum absolute atomic E-state index is 0.0292. The summed E-state index contributed by atoms with van der Waals surface area (Å²) >= 11 is 0. The first-order valence-corrected chi connectivity index (χ1v) is 4.04. The first kappa shape index (κ1) is 7.70. The molecular weight excluding hydrogens is 158 g/mol. The number of H-pyrrole nitrogens is 1. The Morgan fingerprint density at radius 3 is 3.17 bits per heavy atom. The number of hydrogen-bond acceptors (Lipinski definition) is 4. The van der Waals surface area contributed by atoms with Gasteiger partial charge in [-0.1, -0.05) is 0 Å². The molecule has 5 heteroatoms. The Morgan fingerprint density at radius 2 is 2.58 bits per heavy atom. The van der Waals surface area contributed by atoms with E-state index in [0.717, 1.165) is 19.4 Å². The van der Waals surface area contributed by atoms with Crippen molar-refractivity contribution in [3.05, 3.63) is 11.6 Å². The van der Waals surface area contributed by atoms with E-state index in [9.17, 15) is 0 Å². The quantitative estimate of drug-likeness (QED) is 0.661. The van der Waals surface area contributed by atoms with E-state index in [1.54, 1.807) is 0 Å². The van der Waals surface area contributed by atoms with Crippen LogP contribution in [0.15, 0.2) is 0 Å². The average Bonchev–Trinajstić information content (AvgIpc) is 2.75. The van der Waals surface area contributed by atoms with Crippen molar-refractivity contribution in [2.45, 2.75) is 25.6 Å². The normalized spacial score (nSPS) is 23.2. The summed E-state index contributed by atoms with van der Waals surface area (Å²) < 4.78 is 5.37. The number of rotatable bonds is 2. The van der Waals surface area contributed by atoms with Crippen LogP contribution in [0.5, 0.6) is 0 Å². The van der Waals surface area contributed by atoms with Gasteiger partial charge in [0.1, 0.15) is 18.5 Å². The molecule has 1 fully saturated rings. The Morgan fingerprint density at radius 1 is 1.67 bits per heavy atom. The molecule has 0 spiro atoms. The van der Waals surface area contributed by atoms with Crippen LogP contribution in [0.4, 0.5) is 0 Å². The lowest BCUT2D eigenvalue weighted by molar-refractivity contribution is 0.105. The molecule has 66 valence electrons. The van der Waals surface area contributed by atoms with Crippen molar-refractivity contribution in [2.75, 3.05) is 6.61 Å². The first-order chi connectivity index (χ1) is 5.90. The van der Waals surface area contributed by atoms with Gasteiger partial charge in [-0.05, 0) is 12.8 Å². The molecule has 12 heavy (non-hydrogen) atoms. The topological polar surface area (TPSA) is 71.0 Å². The largest absolute Gasteiger partial charge is 0.388 e. The van der Waals surface area contributed by atoms with Crippen LogP contribution in [0.25, 0.3) is 0 Å². The number of aliphatic hydroxyl groups is 1. The molecule has 1 atom stereocenters. The van der Waals surface area contributed by atoms with Crippen LogP contribution >= 0.6 is 0 Å². The summed E-state index contributed by atoms with van der Waals surface area (Å²) in [4.78, 5) is 4.07. The summed E-state index contributed by atoms with van der Waals surface area (Å²) in [5, 5.41) is 15.3. The summed E-state index contributed by atoms with van der Waals surface area (Å²) in [7, 11) is 0. The van der Waals surface area contributed by atoms with Gasteiger partial charge >= 0.3 is 0 Å². The van der Waals surface area contributed by atoms with Crippen LogP contribution in [0.1, 0.15) is 30.6 Å². The van der Waals surface area contributed by atoms with Crippen molar-refractivity contribution in [2.24, 2.45) is 0 Å². The average molecular weight is 169 g/mol. The molecule has 1 aliphatic heterocycles. The zero-order valence-electron chi connectivity index (χ0n) is 6.66. The third kappa shape index (κ3) is 1.33. The zero-order chi connectivity index (χ0) is 8.39. The van der Waals surface area contributed by atoms with Crippen molar-refractivity contribution in [1.29, 1.82) is 0 Å². The van der Waals surface area contributed by atoms with Gasteiger partial charge in [0.25, 0.3) is 0 Å². The number of hydrogen-bond donors (Lipinski definition) is 2. The van der Waals surface area contributed by atoms with Crippen LogP contribution < -0.4 is 0 Å². The van der Waals surface area contributed by atoms with Gasteiger partial charge in [0.2, 0.25) is 0 Å². The van der Waals surface area contributed by atoms with Gasteiger partial charge in [-0.3, -0.25) is 5.10 Å². The maximum Gasteiger partial charge on any atom is 0.179 e. The van der Waals surface area contributed by atoms with Crippen LogP contribution in [-0.2, 0) is 11.3 Å². The monoisotopic (exact) mass is 169 g/mol. The van der Waals surface area contributed by atoms with Crippen LogP contribution in [0, 0.1) is 0 Å². The summed E-state index contributed by atoms with van der Waals surface area (Å²) in [5.41, 5.74) is 0. The maximum atomic E-state index is 8.72. The molecular formula is C7H11N3O2. The molecule has 0 saturated carbocycles. The molecule has 1 aromatic heterocycles. The highest BCUT2D eigenvalue weighted by Crippen LogP contribution is 2.25. The third-order valence-electron chi connectivity index (χ3n) is 1.92. The van der Waals surface area contributed by atoms with E-state index in [0.29, 0.717) is 11.6 Å². The molecule has 0 aromatic carbocycles. The van der Waals surface area contributed by atoms with E-state index < -0.39 is 0 Å². The molecule has 0 radical (unpaired) electrons. The fourth-order valence-electron chi connectivity index (χ4n) is 1.31. The number of aromatic amines is 1. The highest BCUT2D eigenvalue weighted by molar-refractivity contribution is 4.94. The second kappa shape index (κ2) is 3.20. The van der Waals surface area contributed by atoms with E-state index in [4.69, 9.17) is 9.84 Å². The molecule has 2 heterocycles. The van der Waals surface area contributed by atoms with Crippen molar-refractivity contribution < 1.29 is 9.84 Å². The van der Waals surface area contributed by atoms with Crippen LogP contribution in [-0.4, -0.2) is 26.9 Å². The molecule has 0 aliphatic carbocycles.